The molecule has 67 heavy (non-hydrogen) atoms. The van der Waals surface area contributed by atoms with E-state index in [0.29, 0.717) is 0 Å². The van der Waals surface area contributed by atoms with Crippen molar-refractivity contribution in [3.05, 3.63) is 208 Å². The van der Waals surface area contributed by atoms with Gasteiger partial charge in [-0.05, 0) is 182 Å². The Morgan fingerprint density at radius 2 is 0.672 bits per heavy atom. The Labute approximate surface area is 397 Å². The van der Waals surface area contributed by atoms with Gasteiger partial charge in [-0.3, -0.25) is 0 Å². The lowest BCUT2D eigenvalue weighted by molar-refractivity contribution is 0.590. The number of nitrogens with zero attached hydrogens (tertiary/aromatic N) is 1. The van der Waals surface area contributed by atoms with Crippen LogP contribution in [0.2, 0.25) is 0 Å². The van der Waals surface area contributed by atoms with Crippen molar-refractivity contribution in [2.24, 2.45) is 0 Å². The lowest BCUT2D eigenvalue weighted by Gasteiger charge is -2.30. The molecule has 0 radical (unpaired) electrons. The standard InChI is InChI=1S/C66H59N/c1-62(2,3)40-22-24-41(25-23-40)67(42-26-28-46-48-34-58-50(36-56(48)65(8,9)54(46)32-42)60-44-18-14-12-16-38(44)20-30-52(60)63(58,4)5)43-27-29-47-49-35-59-51(37-57(49)66(10,11)55(47)33-43)61-45-19-15-13-17-39(45)21-31-53(61)64(59,6)7/h12-37H,1-11H3. The number of fused-ring (bicyclic) bond motifs is 16. The zero-order valence-electron chi connectivity index (χ0n) is 41.0. The van der Waals surface area contributed by atoms with Gasteiger partial charge in [0, 0.05) is 38.7 Å². The molecule has 9 aromatic carbocycles. The second-order valence-electron chi connectivity index (χ2n) is 23.4. The van der Waals surface area contributed by atoms with Crippen LogP contribution in [0.5, 0.6) is 0 Å². The van der Waals surface area contributed by atoms with Crippen LogP contribution in [-0.2, 0) is 27.1 Å². The molecule has 1 heteroatoms. The van der Waals surface area contributed by atoms with Gasteiger partial charge in [0.1, 0.15) is 0 Å². The van der Waals surface area contributed by atoms with Crippen LogP contribution < -0.4 is 4.90 Å². The van der Waals surface area contributed by atoms with Crippen molar-refractivity contribution in [3.8, 4) is 44.5 Å². The third kappa shape index (κ3) is 5.32. The van der Waals surface area contributed by atoms with E-state index >= 15 is 0 Å². The maximum absolute atomic E-state index is 2.56. The van der Waals surface area contributed by atoms with Crippen molar-refractivity contribution < 1.29 is 0 Å². The maximum Gasteiger partial charge on any atom is 0.0465 e. The molecule has 0 heterocycles. The highest BCUT2D eigenvalue weighted by atomic mass is 15.1. The first-order valence-electron chi connectivity index (χ1n) is 24.5. The second kappa shape index (κ2) is 13.0. The van der Waals surface area contributed by atoms with Crippen molar-refractivity contribution in [1.82, 2.24) is 0 Å². The summed E-state index contributed by atoms with van der Waals surface area (Å²) >= 11 is 0. The van der Waals surface area contributed by atoms with E-state index in [1.807, 2.05) is 0 Å². The molecule has 0 aromatic heterocycles. The van der Waals surface area contributed by atoms with Crippen LogP contribution >= 0.6 is 0 Å². The van der Waals surface area contributed by atoms with Crippen molar-refractivity contribution in [2.75, 3.05) is 4.90 Å². The minimum atomic E-state index is -0.200. The molecule has 13 rings (SSSR count). The van der Waals surface area contributed by atoms with Gasteiger partial charge in [0.2, 0.25) is 0 Å². The predicted molar refractivity (Wildman–Crippen MR) is 285 cm³/mol. The molecule has 4 aliphatic carbocycles. The van der Waals surface area contributed by atoms with E-state index in [1.165, 1.54) is 133 Å². The van der Waals surface area contributed by atoms with Crippen LogP contribution in [0, 0.1) is 0 Å². The Morgan fingerprint density at radius 3 is 1.10 bits per heavy atom. The fourth-order valence-electron chi connectivity index (χ4n) is 13.3. The fraction of sp³-hybridized carbons (Fsp3) is 0.242. The van der Waals surface area contributed by atoms with Gasteiger partial charge in [-0.25, -0.2) is 0 Å². The smallest absolute Gasteiger partial charge is 0.0465 e. The normalized spacial score (nSPS) is 16.8. The molecule has 4 aliphatic rings. The Hall–Kier alpha value is -6.70. The number of hydrogen-bond acceptors (Lipinski definition) is 1. The molecule has 0 fully saturated rings. The zero-order chi connectivity index (χ0) is 46.3. The van der Waals surface area contributed by atoms with E-state index in [1.54, 1.807) is 0 Å². The van der Waals surface area contributed by atoms with Gasteiger partial charge in [0.25, 0.3) is 0 Å². The average Bonchev–Trinajstić information content (AvgIpc) is 3.87. The molecule has 0 bridgehead atoms. The summed E-state index contributed by atoms with van der Waals surface area (Å²) in [6.07, 6.45) is 0. The van der Waals surface area contributed by atoms with Crippen molar-refractivity contribution in [2.45, 2.75) is 103 Å². The third-order valence-corrected chi connectivity index (χ3v) is 17.2. The van der Waals surface area contributed by atoms with Gasteiger partial charge in [-0.15, -0.1) is 0 Å². The molecule has 0 amide bonds. The number of anilines is 3. The first-order valence-corrected chi connectivity index (χ1v) is 24.5. The Morgan fingerprint density at radius 1 is 0.313 bits per heavy atom. The zero-order valence-corrected chi connectivity index (χ0v) is 41.0. The molecular weight excluding hydrogens is 807 g/mol. The van der Waals surface area contributed by atoms with Crippen LogP contribution in [0.15, 0.2) is 158 Å². The predicted octanol–water partition coefficient (Wildman–Crippen LogP) is 18.0. The van der Waals surface area contributed by atoms with E-state index in [9.17, 15) is 0 Å². The van der Waals surface area contributed by atoms with E-state index < -0.39 is 0 Å². The fourth-order valence-corrected chi connectivity index (χ4v) is 13.3. The Kier molecular flexibility index (Phi) is 7.90. The van der Waals surface area contributed by atoms with Gasteiger partial charge in [-0.2, -0.15) is 0 Å². The second-order valence-corrected chi connectivity index (χ2v) is 23.4. The lowest BCUT2D eigenvalue weighted by Crippen LogP contribution is -2.18. The molecule has 328 valence electrons. The maximum atomic E-state index is 2.56. The lowest BCUT2D eigenvalue weighted by atomic mass is 9.79. The van der Waals surface area contributed by atoms with Gasteiger partial charge < -0.3 is 4.90 Å². The molecule has 0 atom stereocenters. The van der Waals surface area contributed by atoms with Crippen molar-refractivity contribution >= 4 is 38.6 Å². The van der Waals surface area contributed by atoms with Gasteiger partial charge in [0.15, 0.2) is 0 Å². The van der Waals surface area contributed by atoms with Crippen molar-refractivity contribution in [1.29, 1.82) is 0 Å². The summed E-state index contributed by atoms with van der Waals surface area (Å²) < 4.78 is 0. The SMILES string of the molecule is CC(C)(C)c1ccc(N(c2ccc3c(c2)C(C)(C)c2cc4c(cc2-3)C(C)(C)c2ccc3ccccc3c2-4)c2ccc3c(c2)C(C)(C)c2cc4c(cc2-3)C(C)(C)c2ccc3ccccc3c2-4)cc1. The van der Waals surface area contributed by atoms with Crippen molar-refractivity contribution in [3.63, 3.8) is 0 Å². The molecule has 0 saturated carbocycles. The van der Waals surface area contributed by atoms with E-state index in [-0.39, 0.29) is 27.1 Å². The van der Waals surface area contributed by atoms with Crippen LogP contribution in [-0.4, -0.2) is 0 Å². The summed E-state index contributed by atoms with van der Waals surface area (Å²) in [7, 11) is 0. The number of benzene rings is 9. The molecule has 0 aliphatic heterocycles. The highest BCUT2D eigenvalue weighted by Crippen LogP contribution is 2.60. The van der Waals surface area contributed by atoms with E-state index in [0.717, 1.165) is 0 Å². The van der Waals surface area contributed by atoms with E-state index in [2.05, 4.69) is 239 Å². The summed E-state index contributed by atoms with van der Waals surface area (Å²) in [4.78, 5) is 2.52. The largest absolute Gasteiger partial charge is 0.310 e. The van der Waals surface area contributed by atoms with E-state index in [4.69, 9.17) is 0 Å². The Bertz CT molecular complexity index is 3440. The van der Waals surface area contributed by atoms with Gasteiger partial charge in [-0.1, -0.05) is 173 Å². The molecular formula is C66H59N. The molecule has 0 unspecified atom stereocenters. The molecule has 0 spiro atoms. The average molecular weight is 866 g/mol. The molecule has 0 N–H and O–H groups in total. The first-order chi connectivity index (χ1) is 31.9. The van der Waals surface area contributed by atoms with Crippen LogP contribution in [0.4, 0.5) is 17.1 Å². The quantitative estimate of drug-likeness (QED) is 0.171. The summed E-state index contributed by atoms with van der Waals surface area (Å²) in [6, 6.07) is 61.4. The first kappa shape index (κ1) is 40.6. The topological polar surface area (TPSA) is 3.24 Å². The monoisotopic (exact) mass is 865 g/mol. The third-order valence-electron chi connectivity index (χ3n) is 17.2. The van der Waals surface area contributed by atoms with Crippen LogP contribution in [0.1, 0.15) is 126 Å². The molecule has 0 saturated heterocycles. The summed E-state index contributed by atoms with van der Waals surface area (Å²) in [5.74, 6) is 0. The summed E-state index contributed by atoms with van der Waals surface area (Å²) in [6.45, 7) is 26.3. The van der Waals surface area contributed by atoms with Gasteiger partial charge >= 0.3 is 0 Å². The molecule has 1 nitrogen and oxygen atoms in total. The van der Waals surface area contributed by atoms with Crippen LogP contribution in [0.3, 0.4) is 0 Å². The van der Waals surface area contributed by atoms with Gasteiger partial charge in [0.05, 0.1) is 0 Å². The molecule has 9 aromatic rings. The minimum Gasteiger partial charge on any atom is -0.310 e. The number of hydrogen-bond donors (Lipinski definition) is 0. The Balaban J connectivity index is 0.953. The van der Waals surface area contributed by atoms with Crippen LogP contribution in [0.25, 0.3) is 66.1 Å². The highest BCUT2D eigenvalue weighted by Gasteiger charge is 2.44. The summed E-state index contributed by atoms with van der Waals surface area (Å²) in [5.41, 5.74) is 26.7. The minimum absolute atomic E-state index is 0.0550. The number of rotatable bonds is 3. The highest BCUT2D eigenvalue weighted by molar-refractivity contribution is 6.05. The summed E-state index contributed by atoms with van der Waals surface area (Å²) in [5, 5.41) is 5.31.